The van der Waals surface area contributed by atoms with Crippen LogP contribution in [-0.2, 0) is 4.79 Å². The monoisotopic (exact) mass is 174 g/mol. The first-order valence-electron chi connectivity index (χ1n) is 2.86. The quantitative estimate of drug-likeness (QED) is 0.423. The van der Waals surface area contributed by atoms with Crippen molar-refractivity contribution in [1.29, 1.82) is 0 Å². The molecular formula is C8H7NaO3. The summed E-state index contributed by atoms with van der Waals surface area (Å²) in [5, 5.41) is 10.1. The maximum atomic E-state index is 10.1. The van der Waals surface area contributed by atoms with Gasteiger partial charge in [-0.2, -0.15) is 0 Å². The van der Waals surface area contributed by atoms with Crippen molar-refractivity contribution in [2.75, 3.05) is 0 Å². The molecule has 0 aliphatic heterocycles. The third kappa shape index (κ3) is 5.07. The molecule has 0 aliphatic rings. The second-order valence-corrected chi connectivity index (χ2v) is 1.65. The summed E-state index contributed by atoms with van der Waals surface area (Å²) >= 11 is 0. The molecule has 0 bridgehead atoms. The molecule has 12 heavy (non-hydrogen) atoms. The number of aromatic carboxylic acids is 1. The van der Waals surface area contributed by atoms with E-state index in [1.54, 1.807) is 18.2 Å². The first-order chi connectivity index (χ1) is 5.30. The van der Waals surface area contributed by atoms with Crippen LogP contribution in [0.1, 0.15) is 10.4 Å². The van der Waals surface area contributed by atoms with Gasteiger partial charge in [0.2, 0.25) is 0 Å². The second-order valence-electron chi connectivity index (χ2n) is 1.65. The summed E-state index contributed by atoms with van der Waals surface area (Å²) in [6.07, 6.45) is 0. The number of benzene rings is 1. The number of hydrogen-bond acceptors (Lipinski definition) is 3. The summed E-state index contributed by atoms with van der Waals surface area (Å²) < 4.78 is 0. The van der Waals surface area contributed by atoms with Crippen LogP contribution < -0.4 is 34.7 Å². The van der Waals surface area contributed by atoms with Gasteiger partial charge in [0.1, 0.15) is 6.79 Å². The van der Waals surface area contributed by atoms with Crippen molar-refractivity contribution < 1.29 is 44.3 Å². The molecule has 0 unspecified atom stereocenters. The van der Waals surface area contributed by atoms with Gasteiger partial charge in [-0.05, 0) is 5.56 Å². The molecule has 1 rings (SSSR count). The Hall–Kier alpha value is -0.640. The van der Waals surface area contributed by atoms with Crippen LogP contribution in [0.2, 0.25) is 0 Å². The normalized spacial score (nSPS) is 7.00. The summed E-state index contributed by atoms with van der Waals surface area (Å²) in [5.41, 5.74) is 0.220. The van der Waals surface area contributed by atoms with Crippen LogP contribution in [0.3, 0.4) is 0 Å². The third-order valence-electron chi connectivity index (χ3n) is 1.01. The zero-order valence-corrected chi connectivity index (χ0v) is 8.82. The van der Waals surface area contributed by atoms with Crippen LogP contribution in [0.25, 0.3) is 0 Å². The fourth-order valence-corrected chi connectivity index (χ4v) is 0.574. The largest absolute Gasteiger partial charge is 1.00 e. The molecule has 0 radical (unpaired) electrons. The number of carboxylic acids is 1. The Kier molecular flexibility index (Phi) is 9.81. The number of rotatable bonds is 1. The molecular weight excluding hydrogens is 167 g/mol. The zero-order valence-electron chi connectivity index (χ0n) is 6.82. The molecule has 0 N–H and O–H groups in total. The number of hydrogen-bond donors (Lipinski definition) is 0. The third-order valence-corrected chi connectivity index (χ3v) is 1.01. The molecule has 1 aromatic rings. The molecule has 0 saturated carbocycles. The maximum absolute atomic E-state index is 10.1. The number of carbonyl (C=O) groups excluding carboxylic acids is 2. The summed E-state index contributed by atoms with van der Waals surface area (Å²) in [5.74, 6) is -1.13. The predicted octanol–water partition coefficient (Wildman–Crippen LogP) is -3.13. The molecule has 0 aromatic heterocycles. The molecule has 0 amide bonds. The van der Waals surface area contributed by atoms with E-state index in [9.17, 15) is 9.90 Å². The number of carbonyl (C=O) groups is 2. The van der Waals surface area contributed by atoms with Gasteiger partial charge in [-0.25, -0.2) is 0 Å². The van der Waals surface area contributed by atoms with E-state index >= 15 is 0 Å². The first kappa shape index (κ1) is 13.9. The Labute approximate surface area is 92.7 Å². The van der Waals surface area contributed by atoms with Gasteiger partial charge in [0, 0.05) is 0 Å². The maximum Gasteiger partial charge on any atom is 1.00 e. The SMILES string of the molecule is C=O.O=C([O-])c1ccccc1.[Na+]. The van der Waals surface area contributed by atoms with E-state index in [1.807, 2.05) is 6.79 Å². The van der Waals surface area contributed by atoms with Crippen LogP contribution in [0.5, 0.6) is 0 Å². The van der Waals surface area contributed by atoms with E-state index in [2.05, 4.69) is 0 Å². The minimum Gasteiger partial charge on any atom is -0.545 e. The fourth-order valence-electron chi connectivity index (χ4n) is 0.574. The van der Waals surface area contributed by atoms with Crippen molar-refractivity contribution in [3.8, 4) is 0 Å². The van der Waals surface area contributed by atoms with Gasteiger partial charge in [0.05, 0.1) is 5.97 Å². The summed E-state index contributed by atoms with van der Waals surface area (Å²) in [4.78, 5) is 18.1. The van der Waals surface area contributed by atoms with Crippen LogP contribution in [0.4, 0.5) is 0 Å². The molecule has 4 heteroatoms. The molecule has 3 nitrogen and oxygen atoms in total. The molecule has 58 valence electrons. The molecule has 1 aromatic carbocycles. The van der Waals surface area contributed by atoms with Crippen molar-refractivity contribution in [3.63, 3.8) is 0 Å². The zero-order chi connectivity index (χ0) is 8.69. The van der Waals surface area contributed by atoms with Gasteiger partial charge in [-0.3, -0.25) is 0 Å². The molecule has 0 spiro atoms. The first-order valence-corrected chi connectivity index (χ1v) is 2.86. The molecule has 0 heterocycles. The van der Waals surface area contributed by atoms with Gasteiger partial charge in [-0.15, -0.1) is 0 Å². The Balaban J connectivity index is 0. The van der Waals surface area contributed by atoms with Crippen LogP contribution in [-0.4, -0.2) is 12.8 Å². The average molecular weight is 174 g/mol. The standard InChI is InChI=1S/C7H6O2.CH2O.Na/c8-7(9)6-4-2-1-3-5-6;1-2;/h1-5H,(H,8,9);1H2;/q;;+1/p-1. The van der Waals surface area contributed by atoms with Crippen LogP contribution in [0.15, 0.2) is 30.3 Å². The van der Waals surface area contributed by atoms with Crippen molar-refractivity contribution in [3.05, 3.63) is 35.9 Å². The number of carboxylic acid groups (broad SMARTS) is 1. The van der Waals surface area contributed by atoms with Crippen molar-refractivity contribution in [2.24, 2.45) is 0 Å². The van der Waals surface area contributed by atoms with Gasteiger partial charge < -0.3 is 14.7 Å². The van der Waals surface area contributed by atoms with Crippen molar-refractivity contribution in [1.82, 2.24) is 0 Å². The topological polar surface area (TPSA) is 57.2 Å². The molecule has 0 aliphatic carbocycles. The van der Waals surface area contributed by atoms with Gasteiger partial charge in [0.25, 0.3) is 0 Å². The van der Waals surface area contributed by atoms with Crippen molar-refractivity contribution in [2.45, 2.75) is 0 Å². The Morgan fingerprint density at radius 2 is 1.58 bits per heavy atom. The Bertz CT molecular complexity index is 223. The summed E-state index contributed by atoms with van der Waals surface area (Å²) in [7, 11) is 0. The smallest absolute Gasteiger partial charge is 0.545 e. The second kappa shape index (κ2) is 8.46. The minimum atomic E-state index is -1.13. The van der Waals surface area contributed by atoms with Crippen molar-refractivity contribution >= 4 is 12.8 Å². The predicted molar refractivity (Wildman–Crippen MR) is 37.9 cm³/mol. The van der Waals surface area contributed by atoms with Gasteiger partial charge in [0.15, 0.2) is 0 Å². The molecule has 0 atom stereocenters. The summed E-state index contributed by atoms with van der Waals surface area (Å²) in [6, 6.07) is 8.06. The molecule has 0 saturated heterocycles. The van der Waals surface area contributed by atoms with E-state index in [-0.39, 0.29) is 35.1 Å². The van der Waals surface area contributed by atoms with E-state index in [0.29, 0.717) is 0 Å². The van der Waals surface area contributed by atoms with Crippen LogP contribution >= 0.6 is 0 Å². The fraction of sp³-hybridized carbons (Fsp3) is 0. The average Bonchev–Trinajstić information content (AvgIpc) is 2.10. The van der Waals surface area contributed by atoms with Gasteiger partial charge >= 0.3 is 29.6 Å². The van der Waals surface area contributed by atoms with Gasteiger partial charge in [-0.1, -0.05) is 30.3 Å². The van der Waals surface area contributed by atoms with E-state index in [1.165, 1.54) is 12.1 Å². The minimum absolute atomic E-state index is 0. The van der Waals surface area contributed by atoms with E-state index in [4.69, 9.17) is 4.79 Å². The summed E-state index contributed by atoms with van der Waals surface area (Å²) in [6.45, 7) is 2.00. The van der Waals surface area contributed by atoms with E-state index < -0.39 is 5.97 Å². The van der Waals surface area contributed by atoms with E-state index in [0.717, 1.165) is 0 Å². The Morgan fingerprint density at radius 3 is 1.83 bits per heavy atom. The van der Waals surface area contributed by atoms with Crippen LogP contribution in [0, 0.1) is 0 Å². The molecule has 0 fully saturated rings. The Morgan fingerprint density at radius 1 is 1.17 bits per heavy atom.